The molecule has 0 saturated heterocycles. The average Bonchev–Trinajstić information content (AvgIpc) is 3.47. The van der Waals surface area contributed by atoms with Gasteiger partial charge in [0, 0.05) is 11.6 Å². The number of nitrogens with one attached hydrogen (secondary N) is 1. The third-order valence-corrected chi connectivity index (χ3v) is 3.86. The highest BCUT2D eigenvalue weighted by atomic mass is 16.6. The van der Waals surface area contributed by atoms with E-state index in [0.29, 0.717) is 11.5 Å². The Kier molecular flexibility index (Phi) is 7.03. The van der Waals surface area contributed by atoms with E-state index in [0.717, 1.165) is 18.4 Å². The molecular weight excluding hydrogens is 328 g/mol. The highest BCUT2D eigenvalue weighted by Crippen LogP contribution is 2.35. The van der Waals surface area contributed by atoms with Gasteiger partial charge in [-0.15, -0.1) is 0 Å². The van der Waals surface area contributed by atoms with E-state index in [-0.39, 0.29) is 31.7 Å². The molecule has 8 heteroatoms. The fraction of sp³-hybridized carbons (Fsp3) is 0.529. The first-order valence-electron chi connectivity index (χ1n) is 8.05. The van der Waals surface area contributed by atoms with E-state index in [1.807, 2.05) is 0 Å². The van der Waals surface area contributed by atoms with E-state index in [4.69, 9.17) is 24.7 Å². The monoisotopic (exact) mass is 352 g/mol. The van der Waals surface area contributed by atoms with Gasteiger partial charge in [0.25, 0.3) is 0 Å². The third kappa shape index (κ3) is 5.61. The van der Waals surface area contributed by atoms with Crippen molar-refractivity contribution in [2.24, 2.45) is 11.7 Å². The van der Waals surface area contributed by atoms with Gasteiger partial charge in [-0.2, -0.15) is 0 Å². The van der Waals surface area contributed by atoms with Crippen molar-refractivity contribution in [3.8, 4) is 11.5 Å². The van der Waals surface area contributed by atoms with E-state index in [2.05, 4.69) is 5.32 Å². The number of carbonyl (C=O) groups excluding carboxylic acids is 2. The Balaban J connectivity index is 1.89. The van der Waals surface area contributed by atoms with Gasteiger partial charge in [0.15, 0.2) is 6.10 Å². The summed E-state index contributed by atoms with van der Waals surface area (Å²) in [6.07, 6.45) is 1.11. The molecule has 0 unspecified atom stereocenters. The van der Waals surface area contributed by atoms with Crippen molar-refractivity contribution < 1.29 is 28.5 Å². The molecule has 0 aliphatic heterocycles. The lowest BCUT2D eigenvalue weighted by molar-refractivity contribution is -0.161. The van der Waals surface area contributed by atoms with E-state index in [1.165, 1.54) is 7.11 Å². The summed E-state index contributed by atoms with van der Waals surface area (Å²) in [5, 5.41) is 2.48. The molecule has 0 heterocycles. The molecule has 1 amide bonds. The van der Waals surface area contributed by atoms with Gasteiger partial charge >= 0.3 is 5.97 Å². The Morgan fingerprint density at radius 3 is 2.64 bits per heavy atom. The number of benzene rings is 1. The Morgan fingerprint density at radius 1 is 1.28 bits per heavy atom. The van der Waals surface area contributed by atoms with Crippen molar-refractivity contribution in [1.29, 1.82) is 0 Å². The van der Waals surface area contributed by atoms with Crippen molar-refractivity contribution in [2.75, 3.05) is 27.5 Å². The highest BCUT2D eigenvalue weighted by Gasteiger charge is 2.38. The molecule has 2 rings (SSSR count). The SMILES string of the molecule is COc1ccc(COC(=O)[C@H](OCNC(=O)CN)C2CC2)c(OC)c1. The molecule has 1 aromatic rings. The molecule has 138 valence electrons. The number of ether oxygens (including phenoxy) is 4. The van der Waals surface area contributed by atoms with Gasteiger partial charge in [0.2, 0.25) is 5.91 Å². The molecule has 0 radical (unpaired) electrons. The molecule has 1 atom stereocenters. The van der Waals surface area contributed by atoms with Crippen molar-refractivity contribution in [3.63, 3.8) is 0 Å². The van der Waals surface area contributed by atoms with Crippen LogP contribution in [0.15, 0.2) is 18.2 Å². The van der Waals surface area contributed by atoms with Crippen LogP contribution in [0.3, 0.4) is 0 Å². The molecule has 1 fully saturated rings. The maximum atomic E-state index is 12.3. The maximum absolute atomic E-state index is 12.3. The normalized spacial score (nSPS) is 14.5. The summed E-state index contributed by atoms with van der Waals surface area (Å²) in [6.45, 7) is -0.134. The van der Waals surface area contributed by atoms with Crippen LogP contribution in [-0.2, 0) is 25.7 Å². The lowest BCUT2D eigenvalue weighted by Gasteiger charge is -2.17. The van der Waals surface area contributed by atoms with Gasteiger partial charge in [-0.25, -0.2) is 4.79 Å². The summed E-state index contributed by atoms with van der Waals surface area (Å²) in [6, 6.07) is 5.27. The van der Waals surface area contributed by atoms with Gasteiger partial charge in [-0.1, -0.05) is 0 Å². The largest absolute Gasteiger partial charge is 0.497 e. The number of rotatable bonds is 10. The molecule has 1 aliphatic carbocycles. The predicted octanol–water partition coefficient (Wildman–Crippen LogP) is 0.575. The van der Waals surface area contributed by atoms with Gasteiger partial charge in [-0.05, 0) is 30.9 Å². The zero-order valence-electron chi connectivity index (χ0n) is 14.4. The molecule has 0 aromatic heterocycles. The minimum absolute atomic E-state index is 0.0632. The number of carbonyl (C=O) groups is 2. The smallest absolute Gasteiger partial charge is 0.335 e. The topological polar surface area (TPSA) is 109 Å². The predicted molar refractivity (Wildman–Crippen MR) is 89.0 cm³/mol. The number of esters is 1. The molecule has 3 N–H and O–H groups in total. The van der Waals surface area contributed by atoms with Crippen LogP contribution in [0.4, 0.5) is 0 Å². The third-order valence-electron chi connectivity index (χ3n) is 3.86. The summed E-state index contributed by atoms with van der Waals surface area (Å²) < 4.78 is 21.3. The van der Waals surface area contributed by atoms with Gasteiger partial charge in [0.05, 0.1) is 20.8 Å². The standard InChI is InChI=1S/C17H24N2O6/c1-22-13-6-5-12(14(7-13)23-2)9-24-17(21)16(11-3-4-11)25-10-19-15(20)8-18/h5-7,11,16H,3-4,8-10,18H2,1-2H3,(H,19,20)/t16-/m1/s1. The summed E-state index contributed by atoms with van der Waals surface area (Å²) in [5.41, 5.74) is 5.93. The summed E-state index contributed by atoms with van der Waals surface area (Å²) >= 11 is 0. The van der Waals surface area contributed by atoms with Crippen LogP contribution in [0.1, 0.15) is 18.4 Å². The lowest BCUT2D eigenvalue weighted by Crippen LogP contribution is -2.37. The van der Waals surface area contributed by atoms with Crippen molar-refractivity contribution in [3.05, 3.63) is 23.8 Å². The lowest BCUT2D eigenvalue weighted by atomic mass is 10.2. The summed E-state index contributed by atoms with van der Waals surface area (Å²) in [5.74, 6) is 0.557. The number of hydrogen-bond donors (Lipinski definition) is 2. The van der Waals surface area contributed by atoms with E-state index >= 15 is 0 Å². The van der Waals surface area contributed by atoms with Crippen LogP contribution < -0.4 is 20.5 Å². The number of nitrogens with two attached hydrogens (primary N) is 1. The van der Waals surface area contributed by atoms with Crippen molar-refractivity contribution >= 4 is 11.9 Å². The van der Waals surface area contributed by atoms with E-state index in [9.17, 15) is 9.59 Å². The Bertz CT molecular complexity index is 603. The zero-order valence-corrected chi connectivity index (χ0v) is 14.4. The van der Waals surface area contributed by atoms with E-state index < -0.39 is 12.1 Å². The fourth-order valence-electron chi connectivity index (χ4n) is 2.28. The fourth-order valence-corrected chi connectivity index (χ4v) is 2.28. The second-order valence-corrected chi connectivity index (χ2v) is 5.66. The molecule has 1 saturated carbocycles. The molecule has 25 heavy (non-hydrogen) atoms. The van der Waals surface area contributed by atoms with Gasteiger partial charge in [-0.3, -0.25) is 4.79 Å². The number of methoxy groups -OCH3 is 2. The molecular formula is C17H24N2O6. The van der Waals surface area contributed by atoms with E-state index in [1.54, 1.807) is 25.3 Å². The first-order chi connectivity index (χ1) is 12.1. The molecule has 1 aromatic carbocycles. The van der Waals surface area contributed by atoms with Crippen LogP contribution >= 0.6 is 0 Å². The summed E-state index contributed by atoms with van der Waals surface area (Å²) in [7, 11) is 3.10. The van der Waals surface area contributed by atoms with Gasteiger partial charge < -0.3 is 30.0 Å². The van der Waals surface area contributed by atoms with Crippen molar-refractivity contribution in [2.45, 2.75) is 25.6 Å². The van der Waals surface area contributed by atoms with Crippen LogP contribution in [0, 0.1) is 5.92 Å². The quantitative estimate of drug-likeness (QED) is 0.468. The van der Waals surface area contributed by atoms with Crippen LogP contribution in [0.25, 0.3) is 0 Å². The molecule has 1 aliphatic rings. The first-order valence-corrected chi connectivity index (χ1v) is 8.05. The molecule has 8 nitrogen and oxygen atoms in total. The molecule has 0 bridgehead atoms. The number of amides is 1. The zero-order chi connectivity index (χ0) is 18.2. The minimum atomic E-state index is -0.692. The van der Waals surface area contributed by atoms with Crippen LogP contribution in [0.2, 0.25) is 0 Å². The van der Waals surface area contributed by atoms with Gasteiger partial charge in [0.1, 0.15) is 24.8 Å². The second kappa shape index (κ2) is 9.24. The Hall–Kier alpha value is -2.32. The highest BCUT2D eigenvalue weighted by molar-refractivity contribution is 5.78. The molecule has 0 spiro atoms. The average molecular weight is 352 g/mol. The second-order valence-electron chi connectivity index (χ2n) is 5.66. The Morgan fingerprint density at radius 2 is 2.04 bits per heavy atom. The maximum Gasteiger partial charge on any atom is 0.335 e. The summed E-state index contributed by atoms with van der Waals surface area (Å²) in [4.78, 5) is 23.4. The van der Waals surface area contributed by atoms with Crippen LogP contribution in [0.5, 0.6) is 11.5 Å². The Labute approximate surface area is 146 Å². The van der Waals surface area contributed by atoms with Crippen LogP contribution in [-0.4, -0.2) is 45.5 Å². The minimum Gasteiger partial charge on any atom is -0.497 e. The van der Waals surface area contributed by atoms with Crippen molar-refractivity contribution in [1.82, 2.24) is 5.32 Å². The first kappa shape index (κ1) is 19.0. The number of hydrogen-bond acceptors (Lipinski definition) is 7.